The van der Waals surface area contributed by atoms with Crippen LogP contribution in [0.1, 0.15) is 18.4 Å². The monoisotopic (exact) mass is 257 g/mol. The molecule has 0 aromatic heterocycles. The van der Waals surface area contributed by atoms with Crippen molar-refractivity contribution in [1.82, 2.24) is 0 Å². The summed E-state index contributed by atoms with van der Waals surface area (Å²) in [6.07, 6.45) is 2.53. The molecule has 4 nitrogen and oxygen atoms in total. The van der Waals surface area contributed by atoms with Crippen LogP contribution in [-0.2, 0) is 16.7 Å². The van der Waals surface area contributed by atoms with Gasteiger partial charge in [-0.25, -0.2) is 3.89 Å². The molecule has 1 aromatic carbocycles. The lowest BCUT2D eigenvalue weighted by Gasteiger charge is -2.30. The molecule has 5 heteroatoms. The standard InChI is InChI=1S/C12H19NO3S/c1-13(2,17(14,15)16)11-7-6-10-12-8-4-3-5-9-12/h3-5,8-9H,6-7,10-11H2,1-2H3. The Kier molecular flexibility index (Phi) is 4.68. The topological polar surface area (TPSA) is 57.2 Å². The third-order valence-electron chi connectivity index (χ3n) is 2.86. The third kappa shape index (κ3) is 4.46. The minimum atomic E-state index is -4.26. The molecule has 1 rings (SSSR count). The zero-order chi connectivity index (χ0) is 12.9. The number of rotatable bonds is 6. The fraction of sp³-hybridized carbons (Fsp3) is 0.500. The maximum atomic E-state index is 10.9. The summed E-state index contributed by atoms with van der Waals surface area (Å²) in [6.45, 7) is 0.360. The van der Waals surface area contributed by atoms with Gasteiger partial charge in [0, 0.05) is 0 Å². The second kappa shape index (κ2) is 5.62. The van der Waals surface area contributed by atoms with Crippen LogP contribution in [0, 0.1) is 0 Å². The Morgan fingerprint density at radius 2 is 1.71 bits per heavy atom. The maximum absolute atomic E-state index is 10.9. The summed E-state index contributed by atoms with van der Waals surface area (Å²) >= 11 is 0. The Morgan fingerprint density at radius 3 is 2.24 bits per heavy atom. The molecule has 0 heterocycles. The lowest BCUT2D eigenvalue weighted by atomic mass is 10.1. The minimum absolute atomic E-state index is 0.360. The van der Waals surface area contributed by atoms with Gasteiger partial charge in [-0.2, -0.15) is 8.42 Å². The van der Waals surface area contributed by atoms with Gasteiger partial charge in [0.25, 0.3) is 10.3 Å². The fourth-order valence-corrected chi connectivity index (χ4v) is 1.93. The predicted octanol–water partition coefficient (Wildman–Crippen LogP) is 1.55. The van der Waals surface area contributed by atoms with Crippen molar-refractivity contribution in [2.45, 2.75) is 19.3 Å². The molecule has 0 atom stereocenters. The van der Waals surface area contributed by atoms with Gasteiger partial charge in [-0.3, -0.25) is 0 Å². The Morgan fingerprint density at radius 1 is 1.12 bits per heavy atom. The summed E-state index contributed by atoms with van der Waals surface area (Å²) in [7, 11) is -1.39. The van der Waals surface area contributed by atoms with Crippen LogP contribution in [-0.4, -0.2) is 37.5 Å². The van der Waals surface area contributed by atoms with Crippen LogP contribution >= 0.6 is 0 Å². The van der Waals surface area contributed by atoms with Gasteiger partial charge >= 0.3 is 0 Å². The van der Waals surface area contributed by atoms with Crippen LogP contribution < -0.4 is 0 Å². The normalized spacial score (nSPS) is 12.6. The highest BCUT2D eigenvalue weighted by Crippen LogP contribution is 2.10. The molecule has 0 aliphatic heterocycles. The summed E-state index contributed by atoms with van der Waals surface area (Å²) in [4.78, 5) is 0. The molecule has 17 heavy (non-hydrogen) atoms. The molecule has 0 saturated heterocycles. The quantitative estimate of drug-likeness (QED) is 0.441. The zero-order valence-corrected chi connectivity index (χ0v) is 11.1. The average Bonchev–Trinajstić information content (AvgIpc) is 2.24. The van der Waals surface area contributed by atoms with E-state index in [1.807, 2.05) is 30.3 Å². The van der Waals surface area contributed by atoms with Crippen molar-refractivity contribution in [3.05, 3.63) is 35.9 Å². The average molecular weight is 257 g/mol. The molecule has 0 N–H and O–H groups in total. The van der Waals surface area contributed by atoms with Gasteiger partial charge in [0.1, 0.15) is 0 Å². The van der Waals surface area contributed by atoms with Crippen LogP contribution in [0.25, 0.3) is 0 Å². The molecule has 0 aliphatic carbocycles. The van der Waals surface area contributed by atoms with Gasteiger partial charge in [-0.05, 0) is 24.8 Å². The summed E-state index contributed by atoms with van der Waals surface area (Å²) in [5, 5.41) is 0. The van der Waals surface area contributed by atoms with Crippen molar-refractivity contribution in [2.75, 3.05) is 20.6 Å². The molecule has 0 unspecified atom stereocenters. The van der Waals surface area contributed by atoms with E-state index in [9.17, 15) is 13.0 Å². The van der Waals surface area contributed by atoms with E-state index < -0.39 is 14.2 Å². The van der Waals surface area contributed by atoms with E-state index in [4.69, 9.17) is 0 Å². The van der Waals surface area contributed by atoms with Gasteiger partial charge in [0.05, 0.1) is 20.6 Å². The molecular formula is C12H19NO3S. The number of hydrogen-bond donors (Lipinski definition) is 0. The van der Waals surface area contributed by atoms with Gasteiger partial charge < -0.3 is 4.55 Å². The number of quaternary nitrogens is 1. The van der Waals surface area contributed by atoms with E-state index in [1.165, 1.54) is 19.7 Å². The highest BCUT2D eigenvalue weighted by atomic mass is 32.2. The second-order valence-electron chi connectivity index (χ2n) is 4.67. The molecule has 0 saturated carbocycles. The van der Waals surface area contributed by atoms with Gasteiger partial charge in [-0.15, -0.1) is 0 Å². The highest BCUT2D eigenvalue weighted by molar-refractivity contribution is 7.79. The third-order valence-corrected chi connectivity index (χ3v) is 4.25. The first-order valence-corrected chi connectivity index (χ1v) is 7.02. The Balaban J connectivity index is 2.35. The first kappa shape index (κ1) is 14.2. The van der Waals surface area contributed by atoms with Gasteiger partial charge in [-0.1, -0.05) is 30.3 Å². The number of hydrogen-bond acceptors (Lipinski definition) is 3. The number of aryl methyl sites for hydroxylation is 1. The van der Waals surface area contributed by atoms with E-state index in [0.717, 1.165) is 19.3 Å². The van der Waals surface area contributed by atoms with Crippen molar-refractivity contribution in [3.8, 4) is 0 Å². The largest absolute Gasteiger partial charge is 0.702 e. The van der Waals surface area contributed by atoms with E-state index >= 15 is 0 Å². The van der Waals surface area contributed by atoms with E-state index in [2.05, 4.69) is 0 Å². The highest BCUT2D eigenvalue weighted by Gasteiger charge is 2.22. The fourth-order valence-electron chi connectivity index (χ4n) is 1.58. The number of unbranched alkanes of at least 4 members (excludes halogenated alkanes) is 1. The van der Waals surface area contributed by atoms with Gasteiger partial charge in [0.2, 0.25) is 0 Å². The van der Waals surface area contributed by atoms with Gasteiger partial charge in [0.15, 0.2) is 0 Å². The van der Waals surface area contributed by atoms with Crippen molar-refractivity contribution >= 4 is 10.3 Å². The van der Waals surface area contributed by atoms with E-state index in [1.54, 1.807) is 0 Å². The molecule has 0 aliphatic rings. The second-order valence-corrected chi connectivity index (χ2v) is 6.51. The Labute approximate surface area is 103 Å². The lowest BCUT2D eigenvalue weighted by molar-refractivity contribution is -0.768. The minimum Gasteiger partial charge on any atom is -0.702 e. The Bertz CT molecular complexity index is 440. The molecular weight excluding hydrogens is 238 g/mol. The van der Waals surface area contributed by atoms with Crippen LogP contribution in [0.2, 0.25) is 0 Å². The first-order valence-electron chi connectivity index (χ1n) is 5.66. The smallest absolute Gasteiger partial charge is 0.254 e. The Hall–Kier alpha value is -0.910. The van der Waals surface area contributed by atoms with Crippen molar-refractivity contribution in [1.29, 1.82) is 0 Å². The SMILES string of the molecule is C[N+](C)(CCCCc1ccccc1)S(=O)(=O)[O-]. The first-order chi connectivity index (χ1) is 7.83. The van der Waals surface area contributed by atoms with Crippen LogP contribution in [0.3, 0.4) is 0 Å². The molecule has 0 amide bonds. The van der Waals surface area contributed by atoms with E-state index in [0.29, 0.717) is 6.54 Å². The summed E-state index contributed by atoms with van der Waals surface area (Å²) in [6, 6.07) is 10.0. The number of benzene rings is 1. The van der Waals surface area contributed by atoms with Crippen molar-refractivity contribution < 1.29 is 16.9 Å². The van der Waals surface area contributed by atoms with E-state index in [-0.39, 0.29) is 0 Å². The lowest BCUT2D eigenvalue weighted by Crippen LogP contribution is -2.45. The zero-order valence-electron chi connectivity index (χ0n) is 10.3. The van der Waals surface area contributed by atoms with Crippen molar-refractivity contribution in [3.63, 3.8) is 0 Å². The predicted molar refractivity (Wildman–Crippen MR) is 66.1 cm³/mol. The summed E-state index contributed by atoms with van der Waals surface area (Å²) in [5.74, 6) is 0. The molecule has 0 fully saturated rings. The number of nitrogens with zero attached hydrogens (tertiary/aromatic N) is 1. The van der Waals surface area contributed by atoms with Crippen LogP contribution in [0.4, 0.5) is 0 Å². The van der Waals surface area contributed by atoms with Crippen LogP contribution in [0.5, 0.6) is 0 Å². The molecule has 1 aromatic rings. The molecule has 0 bridgehead atoms. The molecule has 0 radical (unpaired) electrons. The molecule has 0 spiro atoms. The summed E-state index contributed by atoms with van der Waals surface area (Å²) < 4.78 is 32.3. The van der Waals surface area contributed by atoms with Crippen molar-refractivity contribution in [2.24, 2.45) is 0 Å². The molecule has 96 valence electrons. The van der Waals surface area contributed by atoms with Crippen LogP contribution in [0.15, 0.2) is 30.3 Å². The summed E-state index contributed by atoms with van der Waals surface area (Å²) in [5.41, 5.74) is 1.24. The maximum Gasteiger partial charge on any atom is 0.254 e.